The first-order valence-corrected chi connectivity index (χ1v) is 19.5. The van der Waals surface area contributed by atoms with Crippen LogP contribution >= 0.6 is 0 Å². The van der Waals surface area contributed by atoms with Crippen LogP contribution in [0.1, 0.15) is 0 Å². The van der Waals surface area contributed by atoms with Crippen molar-refractivity contribution in [1.82, 2.24) is 19.9 Å². The Labute approximate surface area is 335 Å². The van der Waals surface area contributed by atoms with Crippen molar-refractivity contribution in [3.8, 4) is 67.5 Å². The first-order chi connectivity index (χ1) is 28.7. The number of hydrogen-bond acceptors (Lipinski definition) is 4. The highest BCUT2D eigenvalue weighted by Crippen LogP contribution is 2.39. The van der Waals surface area contributed by atoms with E-state index in [9.17, 15) is 0 Å². The molecule has 0 amide bonds. The maximum atomic E-state index is 5.41. The van der Waals surface area contributed by atoms with Gasteiger partial charge in [0.1, 0.15) is 0 Å². The number of aromatic nitrogens is 4. The van der Waals surface area contributed by atoms with Crippen LogP contribution in [0, 0.1) is 0 Å². The lowest BCUT2D eigenvalue weighted by molar-refractivity contribution is 1.18. The predicted octanol–water partition coefficient (Wildman–Crippen LogP) is 13.9. The normalized spacial score (nSPS) is 11.4. The maximum absolute atomic E-state index is 5.41. The average Bonchev–Trinajstić information content (AvgIpc) is 3.31. The lowest BCUT2D eigenvalue weighted by Crippen LogP contribution is -1.97. The molecular weight excluding hydrogens is 705 g/mol. The zero-order valence-corrected chi connectivity index (χ0v) is 31.4. The van der Waals surface area contributed by atoms with E-state index in [0.29, 0.717) is 5.82 Å². The third kappa shape index (κ3) is 6.05. The molecule has 11 rings (SSSR count). The standard InChI is InChI=1S/C54H34N4/c1-4-13-35(14-5-1)41-21-12-22-42(31-41)49-34-50(58-54(57-49)39-18-8-3-9-19-39)44-27-30-48-46(33-44)45-28-25-38-26-29-47(43-24-23-36-15-10-11-20-40(36)32-43)55-53(38)51(45)52(56-48)37-16-6-2-7-17-37/h1-34H. The molecule has 0 spiro atoms. The van der Waals surface area contributed by atoms with Crippen LogP contribution in [0.4, 0.5) is 0 Å². The molecule has 0 unspecified atom stereocenters. The van der Waals surface area contributed by atoms with Gasteiger partial charge in [-0.3, -0.25) is 0 Å². The molecule has 0 fully saturated rings. The van der Waals surface area contributed by atoms with Gasteiger partial charge in [0.25, 0.3) is 0 Å². The molecule has 58 heavy (non-hydrogen) atoms. The third-order valence-corrected chi connectivity index (χ3v) is 11.0. The highest BCUT2D eigenvalue weighted by Gasteiger charge is 2.18. The Bertz CT molecular complexity index is 3330. The molecule has 11 aromatic rings. The third-order valence-electron chi connectivity index (χ3n) is 11.0. The second-order valence-corrected chi connectivity index (χ2v) is 14.7. The van der Waals surface area contributed by atoms with Gasteiger partial charge in [-0.2, -0.15) is 0 Å². The Morgan fingerprint density at radius 1 is 0.276 bits per heavy atom. The van der Waals surface area contributed by atoms with Crippen molar-refractivity contribution < 1.29 is 0 Å². The fourth-order valence-corrected chi connectivity index (χ4v) is 8.10. The van der Waals surface area contributed by atoms with E-state index in [4.69, 9.17) is 19.9 Å². The van der Waals surface area contributed by atoms with E-state index in [0.717, 1.165) is 94.3 Å². The first kappa shape index (κ1) is 33.5. The SMILES string of the molecule is c1ccc(-c2cccc(-c3cc(-c4ccc5nc(-c6ccccc6)c6c(ccc7ccc(-c8ccc9ccccc9c8)nc76)c5c4)nc(-c4ccccc4)n3)c2)cc1. The highest BCUT2D eigenvalue weighted by molar-refractivity contribution is 6.20. The van der Waals surface area contributed by atoms with Gasteiger partial charge in [-0.15, -0.1) is 0 Å². The van der Waals surface area contributed by atoms with Crippen molar-refractivity contribution >= 4 is 43.4 Å². The van der Waals surface area contributed by atoms with E-state index >= 15 is 0 Å². The number of fused-ring (bicyclic) bond motifs is 6. The number of rotatable bonds is 6. The van der Waals surface area contributed by atoms with Gasteiger partial charge in [-0.25, -0.2) is 19.9 Å². The van der Waals surface area contributed by atoms with Gasteiger partial charge in [0, 0.05) is 44.0 Å². The van der Waals surface area contributed by atoms with Crippen LogP contribution in [0.3, 0.4) is 0 Å². The van der Waals surface area contributed by atoms with Crippen LogP contribution < -0.4 is 0 Å². The second kappa shape index (κ2) is 14.0. The summed E-state index contributed by atoms with van der Waals surface area (Å²) in [5.74, 6) is 0.678. The smallest absolute Gasteiger partial charge is 0.160 e. The van der Waals surface area contributed by atoms with E-state index in [2.05, 4.69) is 176 Å². The van der Waals surface area contributed by atoms with E-state index < -0.39 is 0 Å². The summed E-state index contributed by atoms with van der Waals surface area (Å²) in [5, 5.41) is 6.63. The van der Waals surface area contributed by atoms with Crippen molar-refractivity contribution in [2.24, 2.45) is 0 Å². The highest BCUT2D eigenvalue weighted by atomic mass is 14.9. The lowest BCUT2D eigenvalue weighted by atomic mass is 9.95. The fourth-order valence-electron chi connectivity index (χ4n) is 8.10. The number of hydrogen-bond donors (Lipinski definition) is 0. The van der Waals surface area contributed by atoms with Gasteiger partial charge >= 0.3 is 0 Å². The Morgan fingerprint density at radius 3 is 1.64 bits per heavy atom. The van der Waals surface area contributed by atoms with Crippen molar-refractivity contribution in [3.05, 3.63) is 206 Å². The molecule has 0 bridgehead atoms. The number of nitrogens with zero attached hydrogens (tertiary/aromatic N) is 4. The molecule has 270 valence electrons. The van der Waals surface area contributed by atoms with E-state index in [1.54, 1.807) is 0 Å². The lowest BCUT2D eigenvalue weighted by Gasteiger charge is -2.15. The molecule has 0 atom stereocenters. The van der Waals surface area contributed by atoms with Gasteiger partial charge in [0.05, 0.1) is 33.8 Å². The minimum Gasteiger partial charge on any atom is -0.247 e. The van der Waals surface area contributed by atoms with Crippen molar-refractivity contribution in [2.45, 2.75) is 0 Å². The molecule has 4 nitrogen and oxygen atoms in total. The molecule has 3 heterocycles. The van der Waals surface area contributed by atoms with Gasteiger partial charge < -0.3 is 0 Å². The van der Waals surface area contributed by atoms with Crippen LogP contribution in [0.2, 0.25) is 0 Å². The van der Waals surface area contributed by atoms with Crippen LogP contribution in [-0.2, 0) is 0 Å². The second-order valence-electron chi connectivity index (χ2n) is 14.7. The molecule has 0 saturated carbocycles. The summed E-state index contributed by atoms with van der Waals surface area (Å²) >= 11 is 0. The van der Waals surface area contributed by atoms with Gasteiger partial charge in [-0.05, 0) is 63.7 Å². The topological polar surface area (TPSA) is 51.6 Å². The molecule has 0 N–H and O–H groups in total. The van der Waals surface area contributed by atoms with Crippen LogP contribution in [0.25, 0.3) is 111 Å². The minimum absolute atomic E-state index is 0.678. The fraction of sp³-hybridized carbons (Fsp3) is 0. The summed E-state index contributed by atoms with van der Waals surface area (Å²) < 4.78 is 0. The van der Waals surface area contributed by atoms with Crippen molar-refractivity contribution in [3.63, 3.8) is 0 Å². The average molecular weight is 739 g/mol. The van der Waals surface area contributed by atoms with Crippen LogP contribution in [0.5, 0.6) is 0 Å². The molecular formula is C54H34N4. The largest absolute Gasteiger partial charge is 0.247 e. The summed E-state index contributed by atoms with van der Waals surface area (Å²) in [4.78, 5) is 21.2. The molecule has 8 aromatic carbocycles. The number of benzene rings is 8. The Hall–Kier alpha value is -7.82. The van der Waals surface area contributed by atoms with Crippen LogP contribution in [-0.4, -0.2) is 19.9 Å². The molecule has 3 aromatic heterocycles. The summed E-state index contributed by atoms with van der Waals surface area (Å²) in [6.07, 6.45) is 0. The van der Waals surface area contributed by atoms with Crippen molar-refractivity contribution in [1.29, 1.82) is 0 Å². The molecule has 0 radical (unpaired) electrons. The Balaban J connectivity index is 1.12. The Morgan fingerprint density at radius 2 is 0.862 bits per heavy atom. The van der Waals surface area contributed by atoms with Crippen LogP contribution in [0.15, 0.2) is 206 Å². The van der Waals surface area contributed by atoms with E-state index in [1.165, 1.54) is 10.8 Å². The van der Waals surface area contributed by atoms with E-state index in [1.807, 2.05) is 30.3 Å². The van der Waals surface area contributed by atoms with Gasteiger partial charge in [0.15, 0.2) is 5.82 Å². The summed E-state index contributed by atoms with van der Waals surface area (Å²) in [6.45, 7) is 0. The molecule has 0 saturated heterocycles. The quantitative estimate of drug-likeness (QED) is 0.159. The number of pyridine rings is 2. The van der Waals surface area contributed by atoms with E-state index in [-0.39, 0.29) is 0 Å². The van der Waals surface area contributed by atoms with Gasteiger partial charge in [-0.1, -0.05) is 170 Å². The predicted molar refractivity (Wildman–Crippen MR) is 240 cm³/mol. The zero-order valence-electron chi connectivity index (χ0n) is 31.4. The maximum Gasteiger partial charge on any atom is 0.160 e. The zero-order chi connectivity index (χ0) is 38.4. The molecule has 4 heteroatoms. The van der Waals surface area contributed by atoms with Gasteiger partial charge in [0.2, 0.25) is 0 Å². The summed E-state index contributed by atoms with van der Waals surface area (Å²) in [6, 6.07) is 72.1. The Kier molecular flexibility index (Phi) is 8.11. The summed E-state index contributed by atoms with van der Waals surface area (Å²) in [7, 11) is 0. The summed E-state index contributed by atoms with van der Waals surface area (Å²) in [5.41, 5.74) is 12.8. The monoisotopic (exact) mass is 738 g/mol. The van der Waals surface area contributed by atoms with Crippen molar-refractivity contribution in [2.75, 3.05) is 0 Å². The minimum atomic E-state index is 0.678. The molecule has 0 aliphatic heterocycles. The molecule has 0 aliphatic rings. The first-order valence-electron chi connectivity index (χ1n) is 19.5. The molecule has 0 aliphatic carbocycles.